The molecule has 3 aromatic rings. The minimum absolute atomic E-state index is 0.134. The van der Waals surface area contributed by atoms with E-state index in [0.717, 1.165) is 11.4 Å². The van der Waals surface area contributed by atoms with E-state index in [1.165, 1.54) is 16.7 Å². The zero-order valence-corrected chi connectivity index (χ0v) is 14.8. The molecule has 0 spiro atoms. The highest BCUT2D eigenvalue weighted by molar-refractivity contribution is 7.99. The molecule has 0 radical (unpaired) electrons. The van der Waals surface area contributed by atoms with Gasteiger partial charge in [-0.3, -0.25) is 4.79 Å². The molecular weight excluding hydrogens is 334 g/mol. The lowest BCUT2D eigenvalue weighted by Crippen LogP contribution is -2.29. The van der Waals surface area contributed by atoms with E-state index in [0.29, 0.717) is 16.8 Å². The molecule has 7 heteroatoms. The molecule has 0 aliphatic carbocycles. The molecule has 0 saturated carbocycles. The van der Waals surface area contributed by atoms with Crippen LogP contribution in [0.2, 0.25) is 0 Å². The Kier molecular flexibility index (Phi) is 5.35. The van der Waals surface area contributed by atoms with Crippen LogP contribution >= 0.6 is 11.8 Å². The van der Waals surface area contributed by atoms with Crippen LogP contribution in [0.3, 0.4) is 0 Å². The minimum Gasteiger partial charge on any atom is -0.273 e. The number of rotatable bonds is 5. The summed E-state index contributed by atoms with van der Waals surface area (Å²) in [6.07, 6.45) is 3.30. The van der Waals surface area contributed by atoms with Gasteiger partial charge in [0.2, 0.25) is 5.91 Å². The molecule has 126 valence electrons. The fourth-order valence-corrected chi connectivity index (χ4v) is 3.09. The molecule has 0 saturated heterocycles. The van der Waals surface area contributed by atoms with Crippen molar-refractivity contribution >= 4 is 29.3 Å². The van der Waals surface area contributed by atoms with Crippen LogP contribution < -0.4 is 4.90 Å². The first-order valence-electron chi connectivity index (χ1n) is 7.73. The summed E-state index contributed by atoms with van der Waals surface area (Å²) in [5.74, 6) is 1.13. The van der Waals surface area contributed by atoms with Crippen molar-refractivity contribution in [3.8, 4) is 0 Å². The Balaban J connectivity index is 1.82. The Morgan fingerprint density at radius 1 is 0.960 bits per heavy atom. The zero-order valence-electron chi connectivity index (χ0n) is 14.0. The molecule has 0 atom stereocenters. The van der Waals surface area contributed by atoms with Gasteiger partial charge in [0.25, 0.3) is 0 Å². The standard InChI is InChI=1S/C18H17N5OS/c1-13-11-14(2)22-18(21-13)25-12-17(24)23(15-7-3-5-9-19-15)16-8-4-6-10-20-16/h3-11H,12H2,1-2H3. The van der Waals surface area contributed by atoms with Crippen molar-refractivity contribution in [3.05, 3.63) is 66.2 Å². The molecule has 0 aliphatic heterocycles. The fraction of sp³-hybridized carbons (Fsp3) is 0.167. The lowest BCUT2D eigenvalue weighted by atomic mass is 10.3. The average molecular weight is 351 g/mol. The van der Waals surface area contributed by atoms with Crippen LogP contribution in [0.15, 0.2) is 60.0 Å². The van der Waals surface area contributed by atoms with Gasteiger partial charge in [0.1, 0.15) is 11.6 Å². The van der Waals surface area contributed by atoms with Gasteiger partial charge in [0.05, 0.1) is 5.75 Å². The molecule has 0 N–H and O–H groups in total. The van der Waals surface area contributed by atoms with Crippen molar-refractivity contribution in [2.75, 3.05) is 10.7 Å². The maximum Gasteiger partial charge on any atom is 0.244 e. The summed E-state index contributed by atoms with van der Waals surface area (Å²) in [5.41, 5.74) is 1.77. The largest absolute Gasteiger partial charge is 0.273 e. The molecule has 0 bridgehead atoms. The van der Waals surface area contributed by atoms with Gasteiger partial charge in [-0.15, -0.1) is 0 Å². The van der Waals surface area contributed by atoms with Crippen molar-refractivity contribution in [1.82, 2.24) is 19.9 Å². The third-order valence-electron chi connectivity index (χ3n) is 3.29. The van der Waals surface area contributed by atoms with E-state index in [-0.39, 0.29) is 11.7 Å². The number of hydrogen-bond donors (Lipinski definition) is 0. The first-order chi connectivity index (χ1) is 12.1. The van der Waals surface area contributed by atoms with Crippen LogP contribution in [0.4, 0.5) is 11.6 Å². The van der Waals surface area contributed by atoms with Gasteiger partial charge in [-0.2, -0.15) is 0 Å². The number of amides is 1. The topological polar surface area (TPSA) is 71.9 Å². The SMILES string of the molecule is Cc1cc(C)nc(SCC(=O)N(c2ccccn2)c2ccccn2)n1. The number of anilines is 2. The number of pyridine rings is 2. The zero-order chi connectivity index (χ0) is 17.6. The first kappa shape index (κ1) is 17.0. The van der Waals surface area contributed by atoms with Crippen LogP contribution in [-0.2, 0) is 4.79 Å². The molecule has 25 heavy (non-hydrogen) atoms. The molecule has 0 aliphatic rings. The highest BCUT2D eigenvalue weighted by Crippen LogP contribution is 2.23. The fourth-order valence-electron chi connectivity index (χ4n) is 2.29. The number of carbonyl (C=O) groups excluding carboxylic acids is 1. The number of aromatic nitrogens is 4. The second kappa shape index (κ2) is 7.85. The van der Waals surface area contributed by atoms with Crippen molar-refractivity contribution in [1.29, 1.82) is 0 Å². The van der Waals surface area contributed by atoms with Gasteiger partial charge < -0.3 is 0 Å². The number of nitrogens with zero attached hydrogens (tertiary/aromatic N) is 5. The maximum absolute atomic E-state index is 12.9. The molecule has 3 aromatic heterocycles. The van der Waals surface area contributed by atoms with Gasteiger partial charge in [-0.05, 0) is 44.2 Å². The second-order valence-corrected chi connectivity index (χ2v) is 6.27. The Labute approximate surface area is 150 Å². The van der Waals surface area contributed by atoms with Crippen molar-refractivity contribution in [2.24, 2.45) is 0 Å². The van der Waals surface area contributed by atoms with Crippen molar-refractivity contribution in [2.45, 2.75) is 19.0 Å². The monoisotopic (exact) mass is 351 g/mol. The lowest BCUT2D eigenvalue weighted by molar-refractivity contribution is -0.115. The molecule has 0 fully saturated rings. The predicted molar refractivity (Wildman–Crippen MR) is 97.9 cm³/mol. The first-order valence-corrected chi connectivity index (χ1v) is 8.72. The molecule has 3 heterocycles. The predicted octanol–water partition coefficient (Wildman–Crippen LogP) is 3.34. The van der Waals surface area contributed by atoms with Gasteiger partial charge in [-0.1, -0.05) is 23.9 Å². The quantitative estimate of drug-likeness (QED) is 0.518. The molecule has 1 amide bonds. The third kappa shape index (κ3) is 4.39. The van der Waals surface area contributed by atoms with Gasteiger partial charge >= 0.3 is 0 Å². The van der Waals surface area contributed by atoms with E-state index < -0.39 is 0 Å². The molecule has 3 rings (SSSR count). The van der Waals surface area contributed by atoms with E-state index in [2.05, 4.69) is 19.9 Å². The van der Waals surface area contributed by atoms with Gasteiger partial charge in [0, 0.05) is 23.8 Å². The summed E-state index contributed by atoms with van der Waals surface area (Å²) < 4.78 is 0. The summed E-state index contributed by atoms with van der Waals surface area (Å²) in [4.78, 5) is 31.7. The summed E-state index contributed by atoms with van der Waals surface area (Å²) in [5, 5.41) is 0.591. The van der Waals surface area contributed by atoms with Crippen LogP contribution in [-0.4, -0.2) is 31.6 Å². The normalized spacial score (nSPS) is 10.5. The van der Waals surface area contributed by atoms with E-state index in [4.69, 9.17) is 0 Å². The number of hydrogen-bond acceptors (Lipinski definition) is 6. The number of carbonyl (C=O) groups is 1. The Bertz CT molecular complexity index is 798. The smallest absolute Gasteiger partial charge is 0.244 e. The third-order valence-corrected chi connectivity index (χ3v) is 4.12. The molecular formula is C18H17N5OS. The minimum atomic E-state index is -0.134. The Morgan fingerprint density at radius 2 is 1.52 bits per heavy atom. The maximum atomic E-state index is 12.9. The number of aryl methyl sites for hydroxylation is 2. The average Bonchev–Trinajstić information content (AvgIpc) is 2.61. The van der Waals surface area contributed by atoms with Gasteiger partial charge in [-0.25, -0.2) is 24.8 Å². The summed E-state index contributed by atoms with van der Waals surface area (Å²) in [7, 11) is 0. The second-order valence-electron chi connectivity index (χ2n) is 5.33. The summed E-state index contributed by atoms with van der Waals surface area (Å²) in [6, 6.07) is 12.8. The van der Waals surface area contributed by atoms with Crippen LogP contribution in [0.5, 0.6) is 0 Å². The highest BCUT2D eigenvalue weighted by atomic mass is 32.2. The number of thioether (sulfide) groups is 1. The van der Waals surface area contributed by atoms with E-state index in [1.807, 2.05) is 44.2 Å². The summed E-state index contributed by atoms with van der Waals surface area (Å²) >= 11 is 1.31. The summed E-state index contributed by atoms with van der Waals surface area (Å²) in [6.45, 7) is 3.82. The lowest BCUT2D eigenvalue weighted by Gasteiger charge is -2.20. The molecule has 0 unspecified atom stereocenters. The van der Waals surface area contributed by atoms with Crippen LogP contribution in [0, 0.1) is 13.8 Å². The van der Waals surface area contributed by atoms with Crippen molar-refractivity contribution in [3.63, 3.8) is 0 Å². The van der Waals surface area contributed by atoms with E-state index >= 15 is 0 Å². The Hall–Kier alpha value is -2.80. The molecule has 0 aromatic carbocycles. The molecule has 6 nitrogen and oxygen atoms in total. The van der Waals surface area contributed by atoms with Gasteiger partial charge in [0.15, 0.2) is 5.16 Å². The highest BCUT2D eigenvalue weighted by Gasteiger charge is 2.20. The van der Waals surface area contributed by atoms with Crippen molar-refractivity contribution < 1.29 is 4.79 Å². The van der Waals surface area contributed by atoms with Crippen LogP contribution in [0.1, 0.15) is 11.4 Å². The van der Waals surface area contributed by atoms with E-state index in [1.54, 1.807) is 24.5 Å². The Morgan fingerprint density at radius 3 is 2.00 bits per heavy atom. The van der Waals surface area contributed by atoms with Crippen LogP contribution in [0.25, 0.3) is 0 Å². The van der Waals surface area contributed by atoms with E-state index in [9.17, 15) is 4.79 Å².